The van der Waals surface area contributed by atoms with E-state index in [4.69, 9.17) is 0 Å². The lowest BCUT2D eigenvalue weighted by molar-refractivity contribution is -0.00667. The van der Waals surface area contributed by atoms with Crippen molar-refractivity contribution in [2.45, 2.75) is 78.9 Å². The van der Waals surface area contributed by atoms with E-state index in [2.05, 4.69) is 39.5 Å². The second kappa shape index (κ2) is 8.50. The Morgan fingerprint density at radius 2 is 1.76 bits per heavy atom. The minimum Gasteiger partial charge on any atom is -0.395 e. The monoisotopic (exact) mass is 299 g/mol. The largest absolute Gasteiger partial charge is 0.395 e. The number of hydrogen-bond acceptors (Lipinski definition) is 3. The Balaban J connectivity index is 2.71. The number of nitrogens with zero attached hydrogens (tertiary/aromatic N) is 1. The number of aliphatic hydroxyl groups is 2. The molecule has 0 spiro atoms. The highest BCUT2D eigenvalue weighted by Gasteiger charge is 2.36. The van der Waals surface area contributed by atoms with Gasteiger partial charge in [-0.1, -0.05) is 34.6 Å². The maximum Gasteiger partial charge on any atom is 0.0580 e. The van der Waals surface area contributed by atoms with E-state index in [0.717, 1.165) is 45.2 Å². The van der Waals surface area contributed by atoms with Gasteiger partial charge >= 0.3 is 0 Å². The van der Waals surface area contributed by atoms with Crippen LogP contribution in [0.15, 0.2) is 0 Å². The van der Waals surface area contributed by atoms with Crippen LogP contribution in [-0.2, 0) is 0 Å². The Bertz CT molecular complexity index is 283. The third kappa shape index (κ3) is 5.54. The Kier molecular flexibility index (Phi) is 7.66. The molecule has 0 amide bonds. The highest BCUT2D eigenvalue weighted by molar-refractivity contribution is 4.87. The normalized spacial score (nSPS) is 27.6. The maximum atomic E-state index is 10.4. The number of aliphatic hydroxyl groups excluding tert-OH is 2. The first-order valence-corrected chi connectivity index (χ1v) is 8.86. The van der Waals surface area contributed by atoms with E-state index in [1.807, 2.05) is 0 Å². The molecule has 1 rings (SSSR count). The molecule has 3 heteroatoms. The molecule has 0 heterocycles. The van der Waals surface area contributed by atoms with E-state index in [1.165, 1.54) is 0 Å². The third-order valence-electron chi connectivity index (χ3n) is 5.48. The zero-order valence-corrected chi connectivity index (χ0v) is 14.8. The summed E-state index contributed by atoms with van der Waals surface area (Å²) in [5.74, 6) is 1.05. The molecule has 0 bridgehead atoms. The van der Waals surface area contributed by atoms with Crippen molar-refractivity contribution in [1.82, 2.24) is 4.90 Å². The molecule has 0 aromatic heterocycles. The lowest BCUT2D eigenvalue weighted by atomic mass is 9.68. The van der Waals surface area contributed by atoms with Crippen LogP contribution in [0, 0.1) is 17.3 Å². The van der Waals surface area contributed by atoms with Crippen LogP contribution in [0.2, 0.25) is 0 Å². The van der Waals surface area contributed by atoms with E-state index in [9.17, 15) is 10.2 Å². The standard InChI is InChI=1S/C18H37NO2/c1-6-16(7-2)19(10-11-20)13-14-12-15(18(3,4)5)8-9-17(14)21/h14-17,20-21H,6-13H2,1-5H3. The highest BCUT2D eigenvalue weighted by atomic mass is 16.3. The molecule has 21 heavy (non-hydrogen) atoms. The van der Waals surface area contributed by atoms with Gasteiger partial charge in [-0.05, 0) is 49.4 Å². The molecule has 126 valence electrons. The molecular formula is C18H37NO2. The summed E-state index contributed by atoms with van der Waals surface area (Å²) in [6.07, 6.45) is 5.25. The number of hydrogen-bond donors (Lipinski definition) is 2. The van der Waals surface area contributed by atoms with Gasteiger partial charge in [0.15, 0.2) is 0 Å². The number of rotatable bonds is 7. The summed E-state index contributed by atoms with van der Waals surface area (Å²) in [6.45, 7) is 13.3. The molecule has 3 unspecified atom stereocenters. The van der Waals surface area contributed by atoms with Crippen LogP contribution in [0.4, 0.5) is 0 Å². The van der Waals surface area contributed by atoms with E-state index in [1.54, 1.807) is 0 Å². The third-order valence-corrected chi connectivity index (χ3v) is 5.48. The van der Waals surface area contributed by atoms with Crippen molar-refractivity contribution >= 4 is 0 Å². The fraction of sp³-hybridized carbons (Fsp3) is 1.00. The van der Waals surface area contributed by atoms with Gasteiger partial charge in [0, 0.05) is 19.1 Å². The van der Waals surface area contributed by atoms with Crippen LogP contribution in [-0.4, -0.2) is 47.0 Å². The Hall–Kier alpha value is -0.120. The van der Waals surface area contributed by atoms with Crippen molar-refractivity contribution in [2.24, 2.45) is 17.3 Å². The second-order valence-corrected chi connectivity index (χ2v) is 7.89. The van der Waals surface area contributed by atoms with Crippen molar-refractivity contribution < 1.29 is 10.2 Å². The predicted molar refractivity (Wildman–Crippen MR) is 89.3 cm³/mol. The Morgan fingerprint density at radius 1 is 1.14 bits per heavy atom. The molecule has 0 radical (unpaired) electrons. The van der Waals surface area contributed by atoms with Crippen molar-refractivity contribution in [3.63, 3.8) is 0 Å². The van der Waals surface area contributed by atoms with Crippen molar-refractivity contribution in [3.8, 4) is 0 Å². The Labute approximate surface area is 131 Å². The van der Waals surface area contributed by atoms with E-state index in [0.29, 0.717) is 23.3 Å². The first-order chi connectivity index (χ1) is 9.83. The minimum atomic E-state index is -0.167. The fourth-order valence-electron chi connectivity index (χ4n) is 3.89. The molecule has 1 aliphatic rings. The molecule has 1 fully saturated rings. The summed E-state index contributed by atoms with van der Waals surface area (Å²) < 4.78 is 0. The summed E-state index contributed by atoms with van der Waals surface area (Å²) in [5.41, 5.74) is 0.328. The average molecular weight is 299 g/mol. The molecule has 2 N–H and O–H groups in total. The molecule has 3 atom stereocenters. The maximum absolute atomic E-state index is 10.4. The molecule has 0 aromatic carbocycles. The molecule has 0 saturated heterocycles. The van der Waals surface area contributed by atoms with E-state index in [-0.39, 0.29) is 12.7 Å². The first kappa shape index (κ1) is 18.9. The van der Waals surface area contributed by atoms with Crippen LogP contribution < -0.4 is 0 Å². The summed E-state index contributed by atoms with van der Waals surface area (Å²) in [5, 5.41) is 19.8. The fourth-order valence-corrected chi connectivity index (χ4v) is 3.89. The smallest absolute Gasteiger partial charge is 0.0580 e. The van der Waals surface area contributed by atoms with Gasteiger partial charge in [-0.3, -0.25) is 4.90 Å². The van der Waals surface area contributed by atoms with Gasteiger partial charge < -0.3 is 10.2 Å². The molecule has 0 aromatic rings. The van der Waals surface area contributed by atoms with Gasteiger partial charge in [0.25, 0.3) is 0 Å². The molecule has 1 saturated carbocycles. The molecule has 1 aliphatic carbocycles. The minimum absolute atomic E-state index is 0.167. The van der Waals surface area contributed by atoms with Crippen LogP contribution in [0.1, 0.15) is 66.7 Å². The van der Waals surface area contributed by atoms with Crippen LogP contribution in [0.5, 0.6) is 0 Å². The van der Waals surface area contributed by atoms with Crippen LogP contribution >= 0.6 is 0 Å². The SMILES string of the molecule is CCC(CC)N(CCO)CC1CC(C(C)(C)C)CCC1O. The molecule has 0 aliphatic heterocycles. The summed E-state index contributed by atoms with van der Waals surface area (Å²) in [4.78, 5) is 2.40. The topological polar surface area (TPSA) is 43.7 Å². The summed E-state index contributed by atoms with van der Waals surface area (Å²) >= 11 is 0. The van der Waals surface area contributed by atoms with Gasteiger partial charge in [-0.2, -0.15) is 0 Å². The predicted octanol–water partition coefficient (Wildman–Crippen LogP) is 3.29. The summed E-state index contributed by atoms with van der Waals surface area (Å²) in [7, 11) is 0. The average Bonchev–Trinajstić information content (AvgIpc) is 2.41. The van der Waals surface area contributed by atoms with Crippen LogP contribution in [0.25, 0.3) is 0 Å². The van der Waals surface area contributed by atoms with Crippen molar-refractivity contribution in [2.75, 3.05) is 19.7 Å². The van der Waals surface area contributed by atoms with E-state index < -0.39 is 0 Å². The van der Waals surface area contributed by atoms with Gasteiger partial charge in [0.2, 0.25) is 0 Å². The summed E-state index contributed by atoms with van der Waals surface area (Å²) in [6, 6.07) is 0.527. The van der Waals surface area contributed by atoms with Gasteiger partial charge in [0.05, 0.1) is 12.7 Å². The molecular weight excluding hydrogens is 262 g/mol. The van der Waals surface area contributed by atoms with Crippen LogP contribution in [0.3, 0.4) is 0 Å². The second-order valence-electron chi connectivity index (χ2n) is 7.89. The Morgan fingerprint density at radius 3 is 2.24 bits per heavy atom. The van der Waals surface area contributed by atoms with E-state index >= 15 is 0 Å². The lowest BCUT2D eigenvalue weighted by Crippen LogP contribution is -2.45. The van der Waals surface area contributed by atoms with Gasteiger partial charge in [-0.15, -0.1) is 0 Å². The van der Waals surface area contributed by atoms with Gasteiger partial charge in [0.1, 0.15) is 0 Å². The van der Waals surface area contributed by atoms with Gasteiger partial charge in [-0.25, -0.2) is 0 Å². The zero-order chi connectivity index (χ0) is 16.0. The van der Waals surface area contributed by atoms with Crippen molar-refractivity contribution in [3.05, 3.63) is 0 Å². The van der Waals surface area contributed by atoms with Crippen molar-refractivity contribution in [1.29, 1.82) is 0 Å². The first-order valence-electron chi connectivity index (χ1n) is 8.86. The highest BCUT2D eigenvalue weighted by Crippen LogP contribution is 2.40. The molecule has 3 nitrogen and oxygen atoms in total. The zero-order valence-electron chi connectivity index (χ0n) is 14.8. The lowest BCUT2D eigenvalue weighted by Gasteiger charge is -2.43. The quantitative estimate of drug-likeness (QED) is 0.758.